The average Bonchev–Trinajstić information content (AvgIpc) is 2.42. The molecular weight excluding hydrogens is 240 g/mol. The number of anilines is 2. The van der Waals surface area contributed by atoms with Crippen LogP contribution >= 0.6 is 0 Å². The number of aryl methyl sites for hydroxylation is 2. The molecule has 0 amide bonds. The minimum atomic E-state index is -3.00. The van der Waals surface area contributed by atoms with Crippen molar-refractivity contribution in [2.75, 3.05) is 23.1 Å². The third kappa shape index (κ3) is 3.62. The van der Waals surface area contributed by atoms with Crippen molar-refractivity contribution in [3.8, 4) is 0 Å². The summed E-state index contributed by atoms with van der Waals surface area (Å²) in [6.07, 6.45) is 1.97. The summed E-state index contributed by atoms with van der Waals surface area (Å²) < 4.78 is 24.0. The Bertz CT molecular complexity index is 493. The maximum absolute atomic E-state index is 11.2. The lowest BCUT2D eigenvalue weighted by Gasteiger charge is -2.14. The van der Waals surface area contributed by atoms with Crippen LogP contribution in [0.1, 0.15) is 19.5 Å². The maximum Gasteiger partial charge on any atom is 0.149 e. The minimum Gasteiger partial charge on any atom is -0.394 e. The summed E-state index contributed by atoms with van der Waals surface area (Å²) in [6.45, 7) is 3.78. The molecule has 0 aromatic carbocycles. The molecular formula is C10H20N4O2S. The van der Waals surface area contributed by atoms with E-state index in [-0.39, 0.29) is 11.8 Å². The zero-order valence-electron chi connectivity index (χ0n) is 10.7. The molecule has 1 aromatic heterocycles. The summed E-state index contributed by atoms with van der Waals surface area (Å²) in [5.74, 6) is 0.747. The molecule has 1 atom stereocenters. The molecule has 0 aliphatic heterocycles. The normalized spacial score (nSPS) is 13.6. The molecule has 0 saturated carbocycles. The van der Waals surface area contributed by atoms with E-state index in [1.807, 2.05) is 6.92 Å². The maximum atomic E-state index is 11.2. The molecule has 0 saturated heterocycles. The van der Waals surface area contributed by atoms with E-state index in [9.17, 15) is 8.42 Å². The smallest absolute Gasteiger partial charge is 0.149 e. The fourth-order valence-electron chi connectivity index (χ4n) is 1.76. The van der Waals surface area contributed by atoms with Crippen LogP contribution in [-0.2, 0) is 23.3 Å². The van der Waals surface area contributed by atoms with Gasteiger partial charge in [0.1, 0.15) is 15.7 Å². The number of nitrogens with one attached hydrogen (secondary N) is 1. The van der Waals surface area contributed by atoms with Gasteiger partial charge in [-0.15, -0.1) is 0 Å². The van der Waals surface area contributed by atoms with Gasteiger partial charge in [0.15, 0.2) is 0 Å². The van der Waals surface area contributed by atoms with E-state index in [1.165, 1.54) is 6.26 Å². The fourth-order valence-corrected chi connectivity index (χ4v) is 2.75. The predicted octanol–water partition coefficient (Wildman–Crippen LogP) is 0.410. The molecule has 0 bridgehead atoms. The van der Waals surface area contributed by atoms with Crippen LogP contribution in [0.3, 0.4) is 0 Å². The van der Waals surface area contributed by atoms with Crippen molar-refractivity contribution in [2.24, 2.45) is 7.05 Å². The van der Waals surface area contributed by atoms with Crippen LogP contribution in [0.25, 0.3) is 0 Å². The van der Waals surface area contributed by atoms with Gasteiger partial charge in [0.25, 0.3) is 0 Å². The predicted molar refractivity (Wildman–Crippen MR) is 69.8 cm³/mol. The van der Waals surface area contributed by atoms with Crippen LogP contribution in [-0.4, -0.2) is 36.2 Å². The standard InChI is InChI=1S/C10H20N4O2S/c1-5-8-9(11)10(14(3)13-8)12-7(2)6-17(4,15)16/h7,12H,5-6,11H2,1-4H3. The monoisotopic (exact) mass is 260 g/mol. The van der Waals surface area contributed by atoms with Crippen molar-refractivity contribution in [1.29, 1.82) is 0 Å². The highest BCUT2D eigenvalue weighted by molar-refractivity contribution is 7.90. The van der Waals surface area contributed by atoms with E-state index < -0.39 is 9.84 Å². The second-order valence-electron chi connectivity index (χ2n) is 4.32. The highest BCUT2D eigenvalue weighted by Gasteiger charge is 2.16. The largest absolute Gasteiger partial charge is 0.394 e. The first kappa shape index (κ1) is 13.8. The Labute approximate surface area is 102 Å². The number of rotatable bonds is 5. The number of sulfone groups is 1. The van der Waals surface area contributed by atoms with Gasteiger partial charge >= 0.3 is 0 Å². The number of aromatic nitrogens is 2. The molecule has 1 heterocycles. The molecule has 6 nitrogen and oxygen atoms in total. The van der Waals surface area contributed by atoms with Gasteiger partial charge in [0.2, 0.25) is 0 Å². The molecule has 98 valence electrons. The van der Waals surface area contributed by atoms with E-state index in [2.05, 4.69) is 10.4 Å². The molecule has 0 aliphatic rings. The molecule has 17 heavy (non-hydrogen) atoms. The van der Waals surface area contributed by atoms with E-state index in [0.29, 0.717) is 11.5 Å². The van der Waals surface area contributed by atoms with Crippen molar-refractivity contribution in [2.45, 2.75) is 26.3 Å². The number of nitrogens with zero attached hydrogens (tertiary/aromatic N) is 2. The molecule has 7 heteroatoms. The van der Waals surface area contributed by atoms with Gasteiger partial charge in [-0.25, -0.2) is 8.42 Å². The minimum absolute atomic E-state index is 0.0685. The van der Waals surface area contributed by atoms with Gasteiger partial charge in [-0.05, 0) is 13.3 Å². The van der Waals surface area contributed by atoms with E-state index in [1.54, 1.807) is 18.7 Å². The Morgan fingerprint density at radius 3 is 2.53 bits per heavy atom. The third-order valence-electron chi connectivity index (χ3n) is 2.43. The van der Waals surface area contributed by atoms with Crippen LogP contribution in [0.15, 0.2) is 0 Å². The van der Waals surface area contributed by atoms with E-state index >= 15 is 0 Å². The van der Waals surface area contributed by atoms with Crippen molar-refractivity contribution >= 4 is 21.3 Å². The van der Waals surface area contributed by atoms with Crippen LogP contribution in [0.5, 0.6) is 0 Å². The second kappa shape index (κ2) is 4.95. The van der Waals surface area contributed by atoms with Crippen LogP contribution in [0, 0.1) is 0 Å². The third-order valence-corrected chi connectivity index (χ3v) is 3.54. The summed E-state index contributed by atoms with van der Waals surface area (Å²) in [5.41, 5.74) is 7.35. The summed E-state index contributed by atoms with van der Waals surface area (Å²) in [4.78, 5) is 0. The number of nitrogens with two attached hydrogens (primary N) is 1. The summed E-state index contributed by atoms with van der Waals surface area (Å²) >= 11 is 0. The van der Waals surface area contributed by atoms with E-state index in [0.717, 1.165) is 12.1 Å². The van der Waals surface area contributed by atoms with Gasteiger partial charge in [-0.2, -0.15) is 5.10 Å². The summed E-state index contributed by atoms with van der Waals surface area (Å²) in [7, 11) is -1.22. The van der Waals surface area contributed by atoms with Crippen LogP contribution in [0.2, 0.25) is 0 Å². The summed E-state index contributed by atoms with van der Waals surface area (Å²) in [6, 6.07) is -0.201. The van der Waals surface area contributed by atoms with Crippen LogP contribution in [0.4, 0.5) is 11.5 Å². The van der Waals surface area contributed by atoms with Crippen molar-refractivity contribution in [1.82, 2.24) is 9.78 Å². The molecule has 0 radical (unpaired) electrons. The lowest BCUT2D eigenvalue weighted by Crippen LogP contribution is -2.26. The van der Waals surface area contributed by atoms with Crippen molar-refractivity contribution in [3.05, 3.63) is 5.69 Å². The first-order valence-corrected chi connectivity index (χ1v) is 7.56. The first-order chi connectivity index (χ1) is 7.74. The number of nitrogen functional groups attached to an aromatic ring is 1. The van der Waals surface area contributed by atoms with E-state index in [4.69, 9.17) is 5.73 Å². The molecule has 0 aliphatic carbocycles. The SMILES string of the molecule is CCc1nn(C)c(NC(C)CS(C)(=O)=O)c1N. The van der Waals surface area contributed by atoms with Gasteiger partial charge in [-0.1, -0.05) is 6.92 Å². The zero-order chi connectivity index (χ0) is 13.2. The molecule has 0 spiro atoms. The second-order valence-corrected chi connectivity index (χ2v) is 6.51. The molecule has 1 aromatic rings. The highest BCUT2D eigenvalue weighted by atomic mass is 32.2. The fraction of sp³-hybridized carbons (Fsp3) is 0.700. The Hall–Kier alpha value is -1.24. The Kier molecular flexibility index (Phi) is 4.03. The van der Waals surface area contributed by atoms with Gasteiger partial charge in [0.05, 0.1) is 17.1 Å². The first-order valence-electron chi connectivity index (χ1n) is 5.50. The Morgan fingerprint density at radius 1 is 1.53 bits per heavy atom. The molecule has 0 fully saturated rings. The number of hydrogen-bond acceptors (Lipinski definition) is 5. The number of hydrogen-bond donors (Lipinski definition) is 2. The Balaban J connectivity index is 2.85. The summed E-state index contributed by atoms with van der Waals surface area (Å²) in [5, 5.41) is 7.34. The van der Waals surface area contributed by atoms with Gasteiger partial charge in [0, 0.05) is 19.3 Å². The highest BCUT2D eigenvalue weighted by Crippen LogP contribution is 2.22. The lowest BCUT2D eigenvalue weighted by atomic mass is 10.3. The quantitative estimate of drug-likeness (QED) is 0.800. The van der Waals surface area contributed by atoms with Gasteiger partial charge < -0.3 is 11.1 Å². The molecule has 1 unspecified atom stereocenters. The topological polar surface area (TPSA) is 90.0 Å². The zero-order valence-corrected chi connectivity index (χ0v) is 11.5. The Morgan fingerprint density at radius 2 is 2.12 bits per heavy atom. The van der Waals surface area contributed by atoms with Crippen molar-refractivity contribution < 1.29 is 8.42 Å². The van der Waals surface area contributed by atoms with Crippen LogP contribution < -0.4 is 11.1 Å². The van der Waals surface area contributed by atoms with Gasteiger partial charge in [-0.3, -0.25) is 4.68 Å². The average molecular weight is 260 g/mol. The van der Waals surface area contributed by atoms with Crippen molar-refractivity contribution in [3.63, 3.8) is 0 Å². The lowest BCUT2D eigenvalue weighted by molar-refractivity contribution is 0.597. The molecule has 3 N–H and O–H groups in total. The molecule has 1 rings (SSSR count).